The Morgan fingerprint density at radius 3 is 2.24 bits per heavy atom. The molecular formula is C23H20O2. The molecule has 0 unspecified atom stereocenters. The van der Waals surface area contributed by atoms with Crippen LogP contribution in [0.2, 0.25) is 0 Å². The molecule has 3 rings (SSSR count). The molecular weight excluding hydrogens is 308 g/mol. The smallest absolute Gasteiger partial charge is 0.338 e. The van der Waals surface area contributed by atoms with Gasteiger partial charge in [0.15, 0.2) is 0 Å². The van der Waals surface area contributed by atoms with E-state index in [0.29, 0.717) is 5.56 Å². The van der Waals surface area contributed by atoms with Crippen LogP contribution in [-0.2, 0) is 4.74 Å². The molecule has 3 aromatic carbocycles. The second kappa shape index (κ2) is 7.63. The van der Waals surface area contributed by atoms with Crippen molar-refractivity contribution in [2.45, 2.75) is 6.92 Å². The monoisotopic (exact) mass is 328 g/mol. The first-order chi connectivity index (χ1) is 12.2. The maximum absolute atomic E-state index is 12.1. The number of rotatable bonds is 4. The summed E-state index contributed by atoms with van der Waals surface area (Å²) in [5.74, 6) is -0.324. The molecule has 0 aromatic heterocycles. The van der Waals surface area contributed by atoms with Gasteiger partial charge in [0.1, 0.15) is 0 Å². The Balaban J connectivity index is 2.12. The molecule has 2 nitrogen and oxygen atoms in total. The minimum Gasteiger partial charge on any atom is -0.465 e. The van der Waals surface area contributed by atoms with Crippen LogP contribution in [0, 0.1) is 6.92 Å². The lowest BCUT2D eigenvalue weighted by atomic mass is 9.92. The Bertz CT molecular complexity index is 908. The highest BCUT2D eigenvalue weighted by molar-refractivity contribution is 5.99. The van der Waals surface area contributed by atoms with Gasteiger partial charge in [-0.3, -0.25) is 0 Å². The predicted molar refractivity (Wildman–Crippen MR) is 103 cm³/mol. The summed E-state index contributed by atoms with van der Waals surface area (Å²) in [5, 5.41) is 0. The van der Waals surface area contributed by atoms with E-state index in [1.807, 2.05) is 48.5 Å². The quantitative estimate of drug-likeness (QED) is 0.459. The van der Waals surface area contributed by atoms with E-state index in [1.54, 1.807) is 6.07 Å². The molecule has 124 valence electrons. The summed E-state index contributed by atoms with van der Waals surface area (Å²) in [5.41, 5.74) is 5.87. The van der Waals surface area contributed by atoms with E-state index >= 15 is 0 Å². The van der Waals surface area contributed by atoms with E-state index in [4.69, 9.17) is 4.74 Å². The molecule has 0 saturated carbocycles. The van der Waals surface area contributed by atoms with Gasteiger partial charge in [-0.2, -0.15) is 0 Å². The van der Waals surface area contributed by atoms with Gasteiger partial charge in [0.2, 0.25) is 0 Å². The van der Waals surface area contributed by atoms with Crippen molar-refractivity contribution in [3.8, 4) is 11.1 Å². The SMILES string of the molecule is COC(=O)c1ccccc1-c1cccc(C)c1/C=C/c1ccccc1. The lowest BCUT2D eigenvalue weighted by molar-refractivity contribution is 0.0601. The van der Waals surface area contributed by atoms with Crippen LogP contribution in [0.3, 0.4) is 0 Å². The fourth-order valence-electron chi connectivity index (χ4n) is 2.89. The van der Waals surface area contributed by atoms with Crippen LogP contribution in [0.4, 0.5) is 0 Å². The van der Waals surface area contributed by atoms with E-state index < -0.39 is 0 Å². The Kier molecular flexibility index (Phi) is 5.10. The Hall–Kier alpha value is -3.13. The lowest BCUT2D eigenvalue weighted by Crippen LogP contribution is -2.04. The van der Waals surface area contributed by atoms with Crippen molar-refractivity contribution in [3.05, 3.63) is 95.1 Å². The standard InChI is InChI=1S/C23H20O2/c1-17-9-8-14-20(19(17)16-15-18-10-4-3-5-11-18)21-12-6-7-13-22(21)23(24)25-2/h3-16H,1-2H3/b16-15+. The molecule has 0 saturated heterocycles. The fraction of sp³-hybridized carbons (Fsp3) is 0.0870. The van der Waals surface area contributed by atoms with E-state index in [1.165, 1.54) is 7.11 Å². The van der Waals surface area contributed by atoms with Crippen LogP contribution in [0.1, 0.15) is 27.0 Å². The Morgan fingerprint density at radius 2 is 1.48 bits per heavy atom. The number of methoxy groups -OCH3 is 1. The highest BCUT2D eigenvalue weighted by Crippen LogP contribution is 2.31. The third kappa shape index (κ3) is 3.69. The number of carbonyl (C=O) groups excluding carboxylic acids is 1. The first-order valence-electron chi connectivity index (χ1n) is 8.21. The maximum atomic E-state index is 12.1. The Labute approximate surface area is 148 Å². The van der Waals surface area contributed by atoms with Gasteiger partial charge in [-0.15, -0.1) is 0 Å². The summed E-state index contributed by atoms with van der Waals surface area (Å²) in [7, 11) is 1.41. The third-order valence-corrected chi connectivity index (χ3v) is 4.19. The van der Waals surface area contributed by atoms with Crippen molar-refractivity contribution in [3.63, 3.8) is 0 Å². The summed E-state index contributed by atoms with van der Waals surface area (Å²) < 4.78 is 4.94. The summed E-state index contributed by atoms with van der Waals surface area (Å²) in [6.45, 7) is 2.08. The fourth-order valence-corrected chi connectivity index (χ4v) is 2.89. The van der Waals surface area contributed by atoms with Crippen molar-refractivity contribution in [1.82, 2.24) is 0 Å². The molecule has 0 amide bonds. The van der Waals surface area contributed by atoms with Gasteiger partial charge in [-0.25, -0.2) is 4.79 Å². The molecule has 0 atom stereocenters. The van der Waals surface area contributed by atoms with Crippen LogP contribution in [0.25, 0.3) is 23.3 Å². The molecule has 3 aromatic rings. The summed E-state index contributed by atoms with van der Waals surface area (Å²) in [6.07, 6.45) is 4.20. The molecule has 0 aliphatic rings. The molecule has 0 heterocycles. The van der Waals surface area contributed by atoms with Crippen molar-refractivity contribution < 1.29 is 9.53 Å². The summed E-state index contributed by atoms with van der Waals surface area (Å²) >= 11 is 0. The predicted octanol–water partition coefficient (Wildman–Crippen LogP) is 5.62. The average molecular weight is 328 g/mol. The van der Waals surface area contributed by atoms with Crippen molar-refractivity contribution >= 4 is 18.1 Å². The van der Waals surface area contributed by atoms with Crippen molar-refractivity contribution in [1.29, 1.82) is 0 Å². The molecule has 0 bridgehead atoms. The molecule has 0 spiro atoms. The minimum atomic E-state index is -0.324. The lowest BCUT2D eigenvalue weighted by Gasteiger charge is -2.13. The normalized spacial score (nSPS) is 10.8. The van der Waals surface area contributed by atoms with E-state index in [2.05, 4.69) is 37.3 Å². The van der Waals surface area contributed by atoms with E-state index in [-0.39, 0.29) is 5.97 Å². The molecule has 2 heteroatoms. The average Bonchev–Trinajstić information content (AvgIpc) is 2.67. The van der Waals surface area contributed by atoms with Crippen molar-refractivity contribution in [2.24, 2.45) is 0 Å². The number of ether oxygens (including phenoxy) is 1. The maximum Gasteiger partial charge on any atom is 0.338 e. The van der Waals surface area contributed by atoms with E-state index in [9.17, 15) is 4.79 Å². The zero-order valence-electron chi connectivity index (χ0n) is 14.4. The third-order valence-electron chi connectivity index (χ3n) is 4.19. The molecule has 0 fully saturated rings. The molecule has 0 aliphatic heterocycles. The van der Waals surface area contributed by atoms with Gasteiger partial charge in [0, 0.05) is 0 Å². The topological polar surface area (TPSA) is 26.3 Å². The molecule has 25 heavy (non-hydrogen) atoms. The van der Waals surface area contributed by atoms with Crippen LogP contribution in [0.5, 0.6) is 0 Å². The van der Waals surface area contributed by atoms with Crippen LogP contribution in [0.15, 0.2) is 72.8 Å². The zero-order chi connectivity index (χ0) is 17.6. The van der Waals surface area contributed by atoms with Gasteiger partial charge in [-0.05, 0) is 40.8 Å². The van der Waals surface area contributed by atoms with Crippen molar-refractivity contribution in [2.75, 3.05) is 7.11 Å². The molecule has 0 N–H and O–H groups in total. The molecule has 0 radical (unpaired) electrons. The van der Waals surface area contributed by atoms with Gasteiger partial charge < -0.3 is 4.74 Å². The van der Waals surface area contributed by atoms with Gasteiger partial charge in [0.05, 0.1) is 12.7 Å². The second-order valence-corrected chi connectivity index (χ2v) is 5.82. The molecule has 0 aliphatic carbocycles. The Morgan fingerprint density at radius 1 is 0.800 bits per heavy atom. The second-order valence-electron chi connectivity index (χ2n) is 5.82. The van der Waals surface area contributed by atoms with Crippen LogP contribution >= 0.6 is 0 Å². The van der Waals surface area contributed by atoms with Gasteiger partial charge in [-0.1, -0.05) is 78.9 Å². The highest BCUT2D eigenvalue weighted by atomic mass is 16.5. The largest absolute Gasteiger partial charge is 0.465 e. The highest BCUT2D eigenvalue weighted by Gasteiger charge is 2.15. The zero-order valence-corrected chi connectivity index (χ0v) is 14.4. The number of aryl methyl sites for hydroxylation is 1. The number of hydrogen-bond acceptors (Lipinski definition) is 2. The van der Waals surface area contributed by atoms with Crippen LogP contribution < -0.4 is 0 Å². The minimum absolute atomic E-state index is 0.324. The van der Waals surface area contributed by atoms with E-state index in [0.717, 1.165) is 27.8 Å². The summed E-state index contributed by atoms with van der Waals surface area (Å²) in [4.78, 5) is 12.1. The van der Waals surface area contributed by atoms with Gasteiger partial charge in [0.25, 0.3) is 0 Å². The first-order valence-corrected chi connectivity index (χ1v) is 8.21. The van der Waals surface area contributed by atoms with Gasteiger partial charge >= 0.3 is 5.97 Å². The first kappa shape index (κ1) is 16.7. The number of hydrogen-bond donors (Lipinski definition) is 0. The number of carbonyl (C=O) groups is 1. The number of esters is 1. The summed E-state index contributed by atoms with van der Waals surface area (Å²) in [6, 6.07) is 23.9. The van der Waals surface area contributed by atoms with Crippen LogP contribution in [-0.4, -0.2) is 13.1 Å². The number of benzene rings is 3.